The van der Waals surface area contributed by atoms with Gasteiger partial charge in [-0.1, -0.05) is 19.9 Å². The van der Waals surface area contributed by atoms with Crippen molar-refractivity contribution in [3.8, 4) is 0 Å². The highest BCUT2D eigenvalue weighted by Crippen LogP contribution is 2.13. The van der Waals surface area contributed by atoms with Crippen molar-refractivity contribution >= 4 is 11.9 Å². The summed E-state index contributed by atoms with van der Waals surface area (Å²) in [7, 11) is 1.37. The van der Waals surface area contributed by atoms with Crippen LogP contribution in [0.5, 0.6) is 0 Å². The Bertz CT molecular complexity index is 568. The molecule has 0 aliphatic rings. The molecule has 0 bridgehead atoms. The van der Waals surface area contributed by atoms with Crippen LogP contribution in [0.15, 0.2) is 18.2 Å². The Morgan fingerprint density at radius 1 is 1.00 bits per heavy atom. The number of methoxy groups -OCH3 is 1. The average molecular weight is 348 g/mol. The molecule has 0 spiro atoms. The zero-order chi connectivity index (χ0) is 18.8. The lowest BCUT2D eigenvalue weighted by atomic mass is 10.1. The topological polar surface area (TPSA) is 49.9 Å². The molecule has 0 saturated heterocycles. The molecule has 1 rings (SSSR count). The summed E-state index contributed by atoms with van der Waals surface area (Å²) in [6.45, 7) is 12.3. The lowest BCUT2D eigenvalue weighted by Crippen LogP contribution is -2.36. The number of esters is 1. The molecule has 0 heterocycles. The molecule has 0 N–H and O–H groups in total. The molecule has 5 heteroatoms. The minimum atomic E-state index is -0.290. The predicted octanol–water partition coefficient (Wildman–Crippen LogP) is 3.04. The molecule has 0 atom stereocenters. The van der Waals surface area contributed by atoms with Crippen LogP contribution < -0.4 is 0 Å². The normalized spacial score (nSPS) is 10.8. The van der Waals surface area contributed by atoms with Gasteiger partial charge in [0.25, 0.3) is 5.91 Å². The molecule has 25 heavy (non-hydrogen) atoms. The number of carbonyl (C=O) groups excluding carboxylic acids is 2. The van der Waals surface area contributed by atoms with Gasteiger partial charge < -0.3 is 14.5 Å². The lowest BCUT2D eigenvalue weighted by molar-refractivity contribution is -0.140. The summed E-state index contributed by atoms with van der Waals surface area (Å²) >= 11 is 0. The maximum absolute atomic E-state index is 12.9. The largest absolute Gasteiger partial charge is 0.469 e. The van der Waals surface area contributed by atoms with Crippen molar-refractivity contribution in [2.75, 3.05) is 39.8 Å². The highest BCUT2D eigenvalue weighted by Gasteiger charge is 2.17. The van der Waals surface area contributed by atoms with Crippen LogP contribution in [0.4, 0.5) is 0 Å². The number of carbonyl (C=O) groups is 2. The molecule has 1 aromatic rings. The molecular weight excluding hydrogens is 316 g/mol. The summed E-state index contributed by atoms with van der Waals surface area (Å²) < 4.78 is 4.71. The van der Waals surface area contributed by atoms with Gasteiger partial charge in [-0.3, -0.25) is 9.59 Å². The number of ether oxygens (including phenoxy) is 1. The molecule has 0 aromatic heterocycles. The van der Waals surface area contributed by atoms with Crippen LogP contribution >= 0.6 is 0 Å². The van der Waals surface area contributed by atoms with E-state index in [9.17, 15) is 9.59 Å². The fraction of sp³-hybridized carbons (Fsp3) is 0.600. The fourth-order valence-corrected chi connectivity index (χ4v) is 2.73. The minimum absolute atomic E-state index is 0.0217. The first-order valence-corrected chi connectivity index (χ1v) is 9.08. The van der Waals surface area contributed by atoms with Crippen LogP contribution in [0.1, 0.15) is 48.2 Å². The second-order valence-electron chi connectivity index (χ2n) is 6.30. The highest BCUT2D eigenvalue weighted by molar-refractivity contribution is 5.94. The van der Waals surface area contributed by atoms with Crippen LogP contribution in [0.3, 0.4) is 0 Å². The smallest absolute Gasteiger partial charge is 0.307 e. The number of hydrogen-bond acceptors (Lipinski definition) is 4. The summed E-state index contributed by atoms with van der Waals surface area (Å²) in [5.41, 5.74) is 2.94. The third-order valence-electron chi connectivity index (χ3n) is 4.65. The number of hydrogen-bond donors (Lipinski definition) is 0. The first-order valence-electron chi connectivity index (χ1n) is 9.08. The molecule has 0 unspecified atom stereocenters. The highest BCUT2D eigenvalue weighted by atomic mass is 16.5. The SMILES string of the molecule is CCN(CC)CCCN(CCC(=O)OC)C(=O)c1ccc(C)c(C)c1. The second-order valence-corrected chi connectivity index (χ2v) is 6.30. The van der Waals surface area contributed by atoms with Crippen LogP contribution in [-0.2, 0) is 9.53 Å². The first kappa shape index (κ1) is 21.2. The first-order chi connectivity index (χ1) is 11.9. The Labute approximate surface area is 151 Å². The van der Waals surface area contributed by atoms with Gasteiger partial charge in [-0.15, -0.1) is 0 Å². The van der Waals surface area contributed by atoms with Gasteiger partial charge in [0.2, 0.25) is 0 Å². The van der Waals surface area contributed by atoms with E-state index in [1.807, 2.05) is 32.0 Å². The van der Waals surface area contributed by atoms with Crippen molar-refractivity contribution in [2.45, 2.75) is 40.5 Å². The molecule has 0 radical (unpaired) electrons. The quantitative estimate of drug-likeness (QED) is 0.610. The molecule has 0 fully saturated rings. The fourth-order valence-electron chi connectivity index (χ4n) is 2.73. The summed E-state index contributed by atoms with van der Waals surface area (Å²) in [6.07, 6.45) is 1.11. The van der Waals surface area contributed by atoms with E-state index in [0.29, 0.717) is 18.7 Å². The molecule has 1 amide bonds. The third-order valence-corrected chi connectivity index (χ3v) is 4.65. The monoisotopic (exact) mass is 348 g/mol. The van der Waals surface area contributed by atoms with Gasteiger partial charge in [0.05, 0.1) is 13.5 Å². The van der Waals surface area contributed by atoms with Crippen molar-refractivity contribution < 1.29 is 14.3 Å². The molecule has 0 aliphatic carbocycles. The van der Waals surface area contributed by atoms with Crippen molar-refractivity contribution in [2.24, 2.45) is 0 Å². The summed E-state index contributed by atoms with van der Waals surface area (Å²) in [4.78, 5) is 28.5. The van der Waals surface area contributed by atoms with Gasteiger partial charge in [-0.25, -0.2) is 0 Å². The predicted molar refractivity (Wildman–Crippen MR) is 101 cm³/mol. The minimum Gasteiger partial charge on any atom is -0.469 e. The second kappa shape index (κ2) is 10.9. The van der Waals surface area contributed by atoms with Gasteiger partial charge in [0.15, 0.2) is 0 Å². The number of rotatable bonds is 10. The van der Waals surface area contributed by atoms with Crippen LogP contribution in [-0.4, -0.2) is 61.5 Å². The summed E-state index contributed by atoms with van der Waals surface area (Å²) in [6, 6.07) is 5.75. The van der Waals surface area contributed by atoms with E-state index in [-0.39, 0.29) is 18.3 Å². The van der Waals surface area contributed by atoms with E-state index in [4.69, 9.17) is 4.74 Å². The van der Waals surface area contributed by atoms with Crippen molar-refractivity contribution in [1.82, 2.24) is 9.80 Å². The van der Waals surface area contributed by atoms with Crippen molar-refractivity contribution in [3.05, 3.63) is 34.9 Å². The number of benzene rings is 1. The van der Waals surface area contributed by atoms with E-state index in [1.165, 1.54) is 12.7 Å². The maximum Gasteiger partial charge on any atom is 0.307 e. The average Bonchev–Trinajstić information content (AvgIpc) is 2.62. The molecule has 140 valence electrons. The van der Waals surface area contributed by atoms with E-state index in [0.717, 1.165) is 31.6 Å². The number of amides is 1. The number of aryl methyl sites for hydroxylation is 2. The molecular formula is C20H32N2O3. The van der Waals surface area contributed by atoms with Gasteiger partial charge in [-0.05, 0) is 63.2 Å². The molecule has 1 aromatic carbocycles. The Kier molecular flexibility index (Phi) is 9.21. The van der Waals surface area contributed by atoms with Gasteiger partial charge in [0.1, 0.15) is 0 Å². The number of nitrogens with zero attached hydrogens (tertiary/aromatic N) is 2. The summed E-state index contributed by atoms with van der Waals surface area (Å²) in [5, 5.41) is 0. The molecule has 0 aliphatic heterocycles. The standard InChI is InChI=1S/C20H32N2O3/c1-6-21(7-2)12-8-13-22(14-11-19(23)25-5)20(24)18-10-9-16(3)17(4)15-18/h9-10,15H,6-8,11-14H2,1-5H3. The van der Waals surface area contributed by atoms with E-state index >= 15 is 0 Å². The van der Waals surface area contributed by atoms with Crippen LogP contribution in [0, 0.1) is 13.8 Å². The van der Waals surface area contributed by atoms with E-state index in [1.54, 1.807) is 4.90 Å². The van der Waals surface area contributed by atoms with Gasteiger partial charge in [0, 0.05) is 18.7 Å². The molecule has 0 saturated carbocycles. The Morgan fingerprint density at radius 2 is 1.68 bits per heavy atom. The zero-order valence-electron chi connectivity index (χ0n) is 16.3. The van der Waals surface area contributed by atoms with E-state index < -0.39 is 0 Å². The Hall–Kier alpha value is -1.88. The van der Waals surface area contributed by atoms with Crippen LogP contribution in [0.25, 0.3) is 0 Å². The lowest BCUT2D eigenvalue weighted by Gasteiger charge is -2.25. The zero-order valence-corrected chi connectivity index (χ0v) is 16.3. The molecule has 5 nitrogen and oxygen atoms in total. The van der Waals surface area contributed by atoms with Crippen LogP contribution in [0.2, 0.25) is 0 Å². The maximum atomic E-state index is 12.9. The third kappa shape index (κ3) is 6.86. The van der Waals surface area contributed by atoms with Crippen molar-refractivity contribution in [3.63, 3.8) is 0 Å². The van der Waals surface area contributed by atoms with Gasteiger partial charge >= 0.3 is 5.97 Å². The van der Waals surface area contributed by atoms with Gasteiger partial charge in [-0.2, -0.15) is 0 Å². The summed E-state index contributed by atoms with van der Waals surface area (Å²) in [5.74, 6) is -0.312. The Morgan fingerprint density at radius 3 is 2.24 bits per heavy atom. The van der Waals surface area contributed by atoms with Crippen molar-refractivity contribution in [1.29, 1.82) is 0 Å². The van der Waals surface area contributed by atoms with E-state index in [2.05, 4.69) is 18.7 Å². The Balaban J connectivity index is 2.79.